The van der Waals surface area contributed by atoms with E-state index in [0.29, 0.717) is 28.8 Å². The van der Waals surface area contributed by atoms with Crippen molar-refractivity contribution < 1.29 is 9.59 Å². The van der Waals surface area contributed by atoms with Crippen molar-refractivity contribution in [2.24, 2.45) is 5.92 Å². The predicted molar refractivity (Wildman–Crippen MR) is 127 cm³/mol. The Morgan fingerprint density at radius 3 is 2.69 bits per heavy atom. The minimum Gasteiger partial charge on any atom is -0.367 e. The van der Waals surface area contributed by atoms with Crippen LogP contribution < -0.4 is 15.5 Å². The Balaban J connectivity index is 1.38. The van der Waals surface area contributed by atoms with Crippen LogP contribution in [0.3, 0.4) is 0 Å². The summed E-state index contributed by atoms with van der Waals surface area (Å²) in [5, 5.41) is 7.44. The first kappa shape index (κ1) is 23.0. The Kier molecular flexibility index (Phi) is 7.63. The van der Waals surface area contributed by atoms with E-state index in [9.17, 15) is 9.59 Å². The molecular formula is C23H30ClN5O2S. The molecule has 0 aromatic carbocycles. The van der Waals surface area contributed by atoms with Gasteiger partial charge >= 0.3 is 0 Å². The number of nitrogens with zero attached hydrogens (tertiary/aromatic N) is 3. The molecule has 2 heterocycles. The van der Waals surface area contributed by atoms with E-state index in [4.69, 9.17) is 11.6 Å². The van der Waals surface area contributed by atoms with E-state index >= 15 is 0 Å². The third-order valence-corrected chi connectivity index (χ3v) is 7.31. The van der Waals surface area contributed by atoms with Crippen LogP contribution >= 0.6 is 22.9 Å². The summed E-state index contributed by atoms with van der Waals surface area (Å²) in [5.41, 5.74) is 0.878. The number of halogens is 1. The summed E-state index contributed by atoms with van der Waals surface area (Å²) < 4.78 is 0. The van der Waals surface area contributed by atoms with Crippen LogP contribution in [0.2, 0.25) is 5.02 Å². The number of hydrogen-bond acceptors (Lipinski definition) is 6. The summed E-state index contributed by atoms with van der Waals surface area (Å²) >= 11 is 7.37. The summed E-state index contributed by atoms with van der Waals surface area (Å²) in [7, 11) is 1.93. The Morgan fingerprint density at radius 2 is 1.97 bits per heavy atom. The third-order valence-electron chi connectivity index (χ3n) is 6.12. The van der Waals surface area contributed by atoms with Crippen LogP contribution in [0.1, 0.15) is 66.0 Å². The zero-order valence-corrected chi connectivity index (χ0v) is 19.9. The molecule has 9 heteroatoms. The maximum Gasteiger partial charge on any atom is 0.263 e. The molecule has 2 aliphatic carbocycles. The first-order valence-corrected chi connectivity index (χ1v) is 12.5. The van der Waals surface area contributed by atoms with Gasteiger partial charge in [0.1, 0.15) is 15.9 Å². The van der Waals surface area contributed by atoms with E-state index in [1.54, 1.807) is 18.6 Å². The van der Waals surface area contributed by atoms with Gasteiger partial charge in [0, 0.05) is 19.3 Å². The van der Waals surface area contributed by atoms with Crippen LogP contribution in [0.4, 0.5) is 5.69 Å². The lowest BCUT2D eigenvalue weighted by molar-refractivity contribution is -0.123. The highest BCUT2D eigenvalue weighted by atomic mass is 35.5. The second-order valence-electron chi connectivity index (χ2n) is 8.88. The van der Waals surface area contributed by atoms with Gasteiger partial charge in [-0.25, -0.2) is 4.98 Å². The van der Waals surface area contributed by atoms with Crippen molar-refractivity contribution >= 4 is 40.4 Å². The fraction of sp³-hybridized carbons (Fsp3) is 0.565. The maximum atomic E-state index is 13.0. The number of rotatable bonds is 9. The lowest BCUT2D eigenvalue weighted by Gasteiger charge is -2.26. The molecule has 2 N–H and O–H groups in total. The van der Waals surface area contributed by atoms with Crippen molar-refractivity contribution in [1.29, 1.82) is 0 Å². The fourth-order valence-electron chi connectivity index (χ4n) is 4.14. The number of carbonyl (C=O) groups excluding carboxylic acids is 2. The maximum absolute atomic E-state index is 13.0. The Labute approximate surface area is 198 Å². The molecule has 0 saturated heterocycles. The van der Waals surface area contributed by atoms with E-state index in [0.717, 1.165) is 36.4 Å². The molecule has 2 aromatic rings. The molecule has 2 aliphatic rings. The first-order chi connectivity index (χ1) is 15.5. The zero-order chi connectivity index (χ0) is 22.5. The minimum atomic E-state index is -0.489. The topological polar surface area (TPSA) is 87.2 Å². The second-order valence-corrected chi connectivity index (χ2v) is 10.4. The van der Waals surface area contributed by atoms with Crippen molar-refractivity contribution in [1.82, 2.24) is 20.6 Å². The number of thiazole rings is 1. The van der Waals surface area contributed by atoms with Gasteiger partial charge in [0.2, 0.25) is 5.91 Å². The molecule has 1 unspecified atom stereocenters. The molecule has 0 aliphatic heterocycles. The minimum absolute atomic E-state index is 0.0515. The van der Waals surface area contributed by atoms with Gasteiger partial charge in [0.25, 0.3) is 5.91 Å². The molecule has 32 heavy (non-hydrogen) atoms. The number of amides is 2. The highest BCUT2D eigenvalue weighted by Gasteiger charge is 2.31. The molecular weight excluding hydrogens is 446 g/mol. The quantitative estimate of drug-likeness (QED) is 0.568. The molecule has 0 radical (unpaired) electrons. The SMILES string of the molecule is CN(Cc1ncc(C(=O)NC(CC2CCCCC2)C(=O)NC2CC2)s1)c1cncc(Cl)c1. The summed E-state index contributed by atoms with van der Waals surface area (Å²) in [6.07, 6.45) is 13.7. The van der Waals surface area contributed by atoms with E-state index in [1.807, 2.05) is 18.0 Å². The average Bonchev–Trinajstić information content (AvgIpc) is 3.48. The number of nitrogens with one attached hydrogen (secondary N) is 2. The van der Waals surface area contributed by atoms with Crippen LogP contribution in [0.15, 0.2) is 24.7 Å². The number of carbonyl (C=O) groups is 2. The number of hydrogen-bond donors (Lipinski definition) is 2. The van der Waals surface area contributed by atoms with E-state index in [2.05, 4.69) is 20.6 Å². The normalized spacial score (nSPS) is 17.6. The molecule has 0 spiro atoms. The third kappa shape index (κ3) is 6.42. The zero-order valence-electron chi connectivity index (χ0n) is 18.3. The predicted octanol–water partition coefficient (Wildman–Crippen LogP) is 4.18. The summed E-state index contributed by atoms with van der Waals surface area (Å²) in [6, 6.07) is 1.63. The van der Waals surface area contributed by atoms with Crippen molar-refractivity contribution in [3.8, 4) is 0 Å². The van der Waals surface area contributed by atoms with Gasteiger partial charge in [-0.1, -0.05) is 43.7 Å². The molecule has 2 saturated carbocycles. The van der Waals surface area contributed by atoms with Gasteiger partial charge in [-0.2, -0.15) is 0 Å². The summed E-state index contributed by atoms with van der Waals surface area (Å²) in [5.74, 6) is 0.216. The summed E-state index contributed by atoms with van der Waals surface area (Å²) in [4.78, 5) is 36.8. The highest BCUT2D eigenvalue weighted by Crippen LogP contribution is 2.28. The number of anilines is 1. The van der Waals surface area contributed by atoms with Crippen LogP contribution in [-0.2, 0) is 11.3 Å². The van der Waals surface area contributed by atoms with E-state index in [-0.39, 0.29) is 17.9 Å². The van der Waals surface area contributed by atoms with Gasteiger partial charge in [-0.15, -0.1) is 11.3 Å². The molecule has 2 amide bonds. The van der Waals surface area contributed by atoms with Crippen molar-refractivity contribution in [2.75, 3.05) is 11.9 Å². The summed E-state index contributed by atoms with van der Waals surface area (Å²) in [6.45, 7) is 0.535. The smallest absolute Gasteiger partial charge is 0.263 e. The molecule has 2 fully saturated rings. The van der Waals surface area contributed by atoms with Crippen molar-refractivity contribution in [3.63, 3.8) is 0 Å². The average molecular weight is 476 g/mol. The van der Waals surface area contributed by atoms with Crippen LogP contribution in [0, 0.1) is 5.92 Å². The standard InChI is InChI=1S/C23H30ClN5O2S/c1-29(18-10-16(24)11-25-12-18)14-21-26-13-20(32-21)23(31)28-19(22(30)27-17-7-8-17)9-15-5-3-2-4-6-15/h10-13,15,17,19H,2-9,14H2,1H3,(H,27,30)(H,28,31). The molecule has 0 bridgehead atoms. The lowest BCUT2D eigenvalue weighted by Crippen LogP contribution is -2.48. The number of aromatic nitrogens is 2. The second kappa shape index (κ2) is 10.6. The van der Waals surface area contributed by atoms with Crippen LogP contribution in [0.5, 0.6) is 0 Å². The first-order valence-electron chi connectivity index (χ1n) is 11.4. The van der Waals surface area contributed by atoms with Gasteiger partial charge in [0.15, 0.2) is 0 Å². The number of pyridine rings is 1. The monoisotopic (exact) mass is 475 g/mol. The highest BCUT2D eigenvalue weighted by molar-refractivity contribution is 7.13. The molecule has 7 nitrogen and oxygen atoms in total. The van der Waals surface area contributed by atoms with Gasteiger partial charge in [0.05, 0.1) is 29.6 Å². The molecule has 4 rings (SSSR count). The van der Waals surface area contributed by atoms with Crippen LogP contribution in [0.25, 0.3) is 0 Å². The van der Waals surface area contributed by atoms with E-state index in [1.165, 1.54) is 30.6 Å². The largest absolute Gasteiger partial charge is 0.367 e. The van der Waals surface area contributed by atoms with Gasteiger partial charge < -0.3 is 15.5 Å². The van der Waals surface area contributed by atoms with Gasteiger partial charge in [-0.05, 0) is 31.2 Å². The fourth-order valence-corrected chi connectivity index (χ4v) is 5.18. The van der Waals surface area contributed by atoms with Crippen molar-refractivity contribution in [3.05, 3.63) is 39.6 Å². The Bertz CT molecular complexity index is 942. The Morgan fingerprint density at radius 1 is 1.19 bits per heavy atom. The van der Waals surface area contributed by atoms with Crippen LogP contribution in [-0.4, -0.2) is 40.9 Å². The molecule has 2 aromatic heterocycles. The molecule has 172 valence electrons. The lowest BCUT2D eigenvalue weighted by atomic mass is 9.84. The Hall–Kier alpha value is -2.19. The molecule has 1 atom stereocenters. The van der Waals surface area contributed by atoms with Gasteiger partial charge in [-0.3, -0.25) is 14.6 Å². The van der Waals surface area contributed by atoms with E-state index < -0.39 is 6.04 Å². The van der Waals surface area contributed by atoms with Crippen molar-refractivity contribution in [2.45, 2.75) is 70.0 Å².